The lowest BCUT2D eigenvalue weighted by Gasteiger charge is -2.41. The molecule has 0 N–H and O–H groups in total. The van der Waals surface area contributed by atoms with Gasteiger partial charge in [0, 0.05) is 6.54 Å². The van der Waals surface area contributed by atoms with E-state index in [0.29, 0.717) is 18.6 Å². The molecule has 0 aromatic heterocycles. The normalized spacial score (nSPS) is 33.8. The van der Waals surface area contributed by atoms with Crippen LogP contribution < -0.4 is 9.47 Å². The van der Waals surface area contributed by atoms with Crippen LogP contribution in [0.4, 0.5) is 0 Å². The van der Waals surface area contributed by atoms with Gasteiger partial charge in [-0.1, -0.05) is 13.3 Å². The maximum absolute atomic E-state index is 13.4. The minimum Gasteiger partial charge on any atom is -0.497 e. The van der Waals surface area contributed by atoms with Crippen molar-refractivity contribution in [2.75, 3.05) is 27.0 Å². The average molecular weight is 456 g/mol. The molecule has 2 fully saturated rings. The molecule has 6 rings (SSSR count). The highest BCUT2D eigenvalue weighted by atomic mass is 16.7. The monoisotopic (exact) mass is 455 g/mol. The number of hydrogen-bond donors (Lipinski definition) is 0. The largest absolute Gasteiger partial charge is 0.497 e. The molecule has 0 bridgehead atoms. The highest BCUT2D eigenvalue weighted by molar-refractivity contribution is 5.93. The number of hydrogen-bond acceptors (Lipinski definition) is 8. The Balaban J connectivity index is 1.42. The van der Waals surface area contributed by atoms with Crippen LogP contribution in [0.1, 0.15) is 56.1 Å². The van der Waals surface area contributed by atoms with E-state index in [4.69, 9.17) is 23.7 Å². The molecule has 1 aliphatic carbocycles. The smallest absolute Gasteiger partial charge is 0.351 e. The first-order valence-electron chi connectivity index (χ1n) is 11.9. The van der Waals surface area contributed by atoms with Crippen molar-refractivity contribution in [3.8, 4) is 11.5 Å². The summed E-state index contributed by atoms with van der Waals surface area (Å²) in [6.07, 6.45) is 5.72. The predicted molar refractivity (Wildman–Crippen MR) is 116 cm³/mol. The summed E-state index contributed by atoms with van der Waals surface area (Å²) >= 11 is 0. The highest BCUT2D eigenvalue weighted by Gasteiger charge is 2.60. The number of fused-ring (bicyclic) bond motifs is 3. The maximum atomic E-state index is 13.4. The van der Waals surface area contributed by atoms with Crippen LogP contribution >= 0.6 is 0 Å². The molecule has 4 atom stereocenters. The first-order chi connectivity index (χ1) is 16.0. The number of methoxy groups -OCH3 is 1. The van der Waals surface area contributed by atoms with Crippen LogP contribution in [0, 0.1) is 0 Å². The minimum absolute atomic E-state index is 0.0651. The van der Waals surface area contributed by atoms with E-state index in [9.17, 15) is 9.59 Å². The fraction of sp³-hybridized carbons (Fsp3) is 0.600. The quantitative estimate of drug-likeness (QED) is 0.627. The second-order valence-corrected chi connectivity index (χ2v) is 9.69. The molecule has 2 saturated heterocycles. The lowest BCUT2D eigenvalue weighted by molar-refractivity contribution is -0.212. The third-order valence-electron chi connectivity index (χ3n) is 7.96. The molecule has 33 heavy (non-hydrogen) atoms. The third kappa shape index (κ3) is 2.92. The van der Waals surface area contributed by atoms with Gasteiger partial charge in [-0.05, 0) is 61.6 Å². The molecule has 1 aromatic rings. The molecule has 4 aliphatic heterocycles. The lowest BCUT2D eigenvalue weighted by atomic mass is 9.77. The third-order valence-corrected chi connectivity index (χ3v) is 7.96. The standard InChI is InChI=1S/C25H29NO7/c1-3-6-25(13-20(27)33-25)23(28)32-22-19(29-2)12-24-7-4-8-26(24)9-5-15-10-17-18(31-14-30-17)11-16(15)21(22)24/h10-12,21-22H,3-9,13-14H2,1-2H3/t21-,22-,24+,25-/m1/s1. The molecule has 5 aliphatic rings. The van der Waals surface area contributed by atoms with Crippen LogP contribution in [0.5, 0.6) is 11.5 Å². The highest BCUT2D eigenvalue weighted by Crippen LogP contribution is 2.56. The zero-order valence-corrected chi connectivity index (χ0v) is 19.1. The van der Waals surface area contributed by atoms with Crippen LogP contribution in [0.15, 0.2) is 24.0 Å². The van der Waals surface area contributed by atoms with Gasteiger partial charge < -0.3 is 23.7 Å². The van der Waals surface area contributed by atoms with Crippen LogP contribution in [0.3, 0.4) is 0 Å². The Labute approximate surface area is 192 Å². The number of ether oxygens (including phenoxy) is 5. The number of cyclic esters (lactones) is 1. The molecular formula is C25H29NO7. The summed E-state index contributed by atoms with van der Waals surface area (Å²) in [6.45, 7) is 4.08. The van der Waals surface area contributed by atoms with Crippen molar-refractivity contribution in [3.63, 3.8) is 0 Å². The number of carbonyl (C=O) groups excluding carboxylic acids is 2. The van der Waals surface area contributed by atoms with Crippen molar-refractivity contribution < 1.29 is 33.3 Å². The van der Waals surface area contributed by atoms with Crippen LogP contribution in [0.25, 0.3) is 0 Å². The van der Waals surface area contributed by atoms with Crippen molar-refractivity contribution in [1.82, 2.24) is 4.90 Å². The van der Waals surface area contributed by atoms with E-state index in [0.717, 1.165) is 49.4 Å². The maximum Gasteiger partial charge on any atom is 0.351 e. The van der Waals surface area contributed by atoms with E-state index in [1.807, 2.05) is 6.92 Å². The van der Waals surface area contributed by atoms with Gasteiger partial charge in [-0.15, -0.1) is 0 Å². The summed E-state index contributed by atoms with van der Waals surface area (Å²) in [5.41, 5.74) is 0.824. The van der Waals surface area contributed by atoms with Crippen molar-refractivity contribution in [2.45, 2.75) is 68.6 Å². The fourth-order valence-electron chi connectivity index (χ4n) is 6.52. The molecular weight excluding hydrogens is 426 g/mol. The Morgan fingerprint density at radius 3 is 2.76 bits per heavy atom. The number of nitrogens with zero attached hydrogens (tertiary/aromatic N) is 1. The molecule has 8 heteroatoms. The molecule has 4 heterocycles. The molecule has 1 aromatic carbocycles. The lowest BCUT2D eigenvalue weighted by Crippen LogP contribution is -2.56. The van der Waals surface area contributed by atoms with E-state index < -0.39 is 17.7 Å². The Morgan fingerprint density at radius 1 is 1.24 bits per heavy atom. The summed E-state index contributed by atoms with van der Waals surface area (Å²) < 4.78 is 28.7. The van der Waals surface area contributed by atoms with Gasteiger partial charge in [-0.2, -0.15) is 0 Å². The number of esters is 2. The Hall–Kier alpha value is -2.74. The first-order valence-corrected chi connectivity index (χ1v) is 11.9. The fourth-order valence-corrected chi connectivity index (χ4v) is 6.52. The van der Waals surface area contributed by atoms with Crippen molar-refractivity contribution in [1.29, 1.82) is 0 Å². The summed E-state index contributed by atoms with van der Waals surface area (Å²) in [5.74, 6) is 1.16. The first kappa shape index (κ1) is 20.8. The predicted octanol–water partition coefficient (Wildman–Crippen LogP) is 2.83. The van der Waals surface area contributed by atoms with Gasteiger partial charge in [0.25, 0.3) is 0 Å². The minimum atomic E-state index is -1.18. The van der Waals surface area contributed by atoms with E-state index in [-0.39, 0.29) is 30.6 Å². The van der Waals surface area contributed by atoms with Crippen LogP contribution in [-0.2, 0) is 30.2 Å². The van der Waals surface area contributed by atoms with Gasteiger partial charge in [-0.3, -0.25) is 9.69 Å². The average Bonchev–Trinajstić information content (AvgIpc) is 3.46. The van der Waals surface area contributed by atoms with Crippen LogP contribution in [-0.4, -0.2) is 61.1 Å². The van der Waals surface area contributed by atoms with E-state index in [2.05, 4.69) is 23.1 Å². The Morgan fingerprint density at radius 2 is 2.03 bits per heavy atom. The summed E-state index contributed by atoms with van der Waals surface area (Å²) in [6, 6.07) is 4.13. The summed E-state index contributed by atoms with van der Waals surface area (Å²) in [5, 5.41) is 0. The van der Waals surface area contributed by atoms with Crippen molar-refractivity contribution in [2.24, 2.45) is 0 Å². The van der Waals surface area contributed by atoms with E-state index in [1.54, 1.807) is 7.11 Å². The van der Waals surface area contributed by atoms with Gasteiger partial charge in [-0.25, -0.2) is 4.79 Å². The Bertz CT molecular complexity index is 1040. The van der Waals surface area contributed by atoms with Crippen molar-refractivity contribution in [3.05, 3.63) is 35.1 Å². The second kappa shape index (κ2) is 7.38. The van der Waals surface area contributed by atoms with E-state index >= 15 is 0 Å². The number of benzene rings is 1. The molecule has 176 valence electrons. The van der Waals surface area contributed by atoms with Crippen molar-refractivity contribution >= 4 is 11.9 Å². The van der Waals surface area contributed by atoms with Gasteiger partial charge in [0.15, 0.2) is 17.6 Å². The SMILES string of the molecule is CCC[C@]1(C(=O)O[C@@H]2C(OC)=C[C@]34CCCN3CCc3cc5c(cc3[C@H]24)OCO5)CC(=O)O1. The van der Waals surface area contributed by atoms with Gasteiger partial charge in [0.2, 0.25) is 12.4 Å². The molecule has 0 radical (unpaired) electrons. The molecule has 0 saturated carbocycles. The second-order valence-electron chi connectivity index (χ2n) is 9.69. The van der Waals surface area contributed by atoms with Gasteiger partial charge >= 0.3 is 11.9 Å². The summed E-state index contributed by atoms with van der Waals surface area (Å²) in [7, 11) is 1.62. The topological polar surface area (TPSA) is 83.5 Å². The zero-order chi connectivity index (χ0) is 22.8. The van der Waals surface area contributed by atoms with Gasteiger partial charge in [0.1, 0.15) is 5.76 Å². The molecule has 0 amide bonds. The molecule has 8 nitrogen and oxygen atoms in total. The van der Waals surface area contributed by atoms with E-state index in [1.165, 1.54) is 5.56 Å². The number of rotatable bonds is 5. The summed E-state index contributed by atoms with van der Waals surface area (Å²) in [4.78, 5) is 27.6. The van der Waals surface area contributed by atoms with Crippen LogP contribution in [0.2, 0.25) is 0 Å². The van der Waals surface area contributed by atoms with Gasteiger partial charge in [0.05, 0.1) is 25.0 Å². The molecule has 0 unspecified atom stereocenters. The molecule has 1 spiro atoms. The number of carbonyl (C=O) groups is 2. The Kier molecular flexibility index (Phi) is 4.66. The zero-order valence-electron chi connectivity index (χ0n) is 19.1.